The van der Waals surface area contributed by atoms with Crippen LogP contribution < -0.4 is 0 Å². The molecular formula is C19H17F3N4O. The van der Waals surface area contributed by atoms with Gasteiger partial charge in [0.1, 0.15) is 12.1 Å². The first kappa shape index (κ1) is 17.5. The van der Waals surface area contributed by atoms with Crippen molar-refractivity contribution in [2.24, 2.45) is 0 Å². The van der Waals surface area contributed by atoms with E-state index in [1.54, 1.807) is 27.9 Å². The zero-order chi connectivity index (χ0) is 19.0. The molecular weight excluding hydrogens is 357 g/mol. The number of rotatable bonds is 3. The van der Waals surface area contributed by atoms with Crippen LogP contribution in [-0.2, 0) is 17.5 Å². The van der Waals surface area contributed by atoms with Gasteiger partial charge in [0, 0.05) is 24.8 Å². The fourth-order valence-electron chi connectivity index (χ4n) is 3.31. The lowest BCUT2D eigenvalue weighted by Crippen LogP contribution is -2.31. The third kappa shape index (κ3) is 3.51. The van der Waals surface area contributed by atoms with E-state index in [2.05, 4.69) is 10.1 Å². The van der Waals surface area contributed by atoms with Gasteiger partial charge in [-0.25, -0.2) is 0 Å². The Morgan fingerprint density at radius 3 is 2.59 bits per heavy atom. The standard InChI is InChI=1S/C19H17F3N4O/c20-19(21,22)15-5-3-4-13(8-15)14-9-17-16(23-10-14)11-24-26(17)12-18(27)25-6-1-2-7-25/h3-5,8-11H,1-2,6-7,12H2. The maximum Gasteiger partial charge on any atom is 0.416 e. The Morgan fingerprint density at radius 1 is 1.07 bits per heavy atom. The molecule has 140 valence electrons. The number of hydrogen-bond donors (Lipinski definition) is 0. The molecule has 3 heterocycles. The number of likely N-dealkylation sites (tertiary alicyclic amines) is 1. The van der Waals surface area contributed by atoms with Crippen LogP contribution in [0.2, 0.25) is 0 Å². The molecule has 5 nitrogen and oxygen atoms in total. The van der Waals surface area contributed by atoms with Gasteiger partial charge in [0.2, 0.25) is 5.91 Å². The molecule has 0 spiro atoms. The van der Waals surface area contributed by atoms with E-state index in [9.17, 15) is 18.0 Å². The van der Waals surface area contributed by atoms with Crippen LogP contribution in [-0.4, -0.2) is 38.7 Å². The van der Waals surface area contributed by atoms with E-state index < -0.39 is 11.7 Å². The first-order valence-electron chi connectivity index (χ1n) is 8.69. The Bertz CT molecular complexity index is 990. The van der Waals surface area contributed by atoms with E-state index in [1.165, 1.54) is 12.3 Å². The number of halogens is 3. The van der Waals surface area contributed by atoms with Crippen LogP contribution in [0.5, 0.6) is 0 Å². The highest BCUT2D eigenvalue weighted by atomic mass is 19.4. The molecule has 0 saturated carbocycles. The number of benzene rings is 1. The molecule has 2 aromatic heterocycles. The minimum Gasteiger partial charge on any atom is -0.341 e. The number of carbonyl (C=O) groups is 1. The van der Waals surface area contributed by atoms with Gasteiger partial charge in [-0.3, -0.25) is 14.5 Å². The minimum atomic E-state index is -4.41. The minimum absolute atomic E-state index is 0.0121. The first-order chi connectivity index (χ1) is 12.9. The van der Waals surface area contributed by atoms with Crippen molar-refractivity contribution in [1.29, 1.82) is 0 Å². The van der Waals surface area contributed by atoms with Crippen LogP contribution in [0.25, 0.3) is 22.2 Å². The van der Waals surface area contributed by atoms with Gasteiger partial charge in [-0.2, -0.15) is 18.3 Å². The Hall–Kier alpha value is -2.90. The summed E-state index contributed by atoms with van der Waals surface area (Å²) in [5.74, 6) is -0.0121. The maximum atomic E-state index is 13.0. The number of fused-ring (bicyclic) bond motifs is 1. The summed E-state index contributed by atoms with van der Waals surface area (Å²) >= 11 is 0. The second-order valence-electron chi connectivity index (χ2n) is 6.60. The summed E-state index contributed by atoms with van der Waals surface area (Å²) in [7, 11) is 0. The Labute approximate surface area is 153 Å². The van der Waals surface area contributed by atoms with Gasteiger partial charge in [0.25, 0.3) is 0 Å². The lowest BCUT2D eigenvalue weighted by Gasteiger charge is -2.15. The predicted molar refractivity (Wildman–Crippen MR) is 93.8 cm³/mol. The van der Waals surface area contributed by atoms with Crippen molar-refractivity contribution < 1.29 is 18.0 Å². The largest absolute Gasteiger partial charge is 0.416 e. The van der Waals surface area contributed by atoms with Crippen molar-refractivity contribution in [3.63, 3.8) is 0 Å². The number of aromatic nitrogens is 3. The van der Waals surface area contributed by atoms with Crippen molar-refractivity contribution >= 4 is 16.9 Å². The SMILES string of the molecule is O=C(Cn1ncc2ncc(-c3cccc(C(F)(F)F)c3)cc21)N1CCCC1. The van der Waals surface area contributed by atoms with E-state index in [1.807, 2.05) is 0 Å². The number of pyridine rings is 1. The van der Waals surface area contributed by atoms with E-state index in [-0.39, 0.29) is 12.5 Å². The molecule has 1 aliphatic heterocycles. The molecule has 1 saturated heterocycles. The maximum absolute atomic E-state index is 13.0. The normalized spacial score (nSPS) is 14.9. The lowest BCUT2D eigenvalue weighted by molar-refractivity contribution is -0.137. The molecule has 1 amide bonds. The average molecular weight is 374 g/mol. The zero-order valence-electron chi connectivity index (χ0n) is 14.4. The van der Waals surface area contributed by atoms with Crippen molar-refractivity contribution in [2.75, 3.05) is 13.1 Å². The molecule has 4 rings (SSSR count). The smallest absolute Gasteiger partial charge is 0.341 e. The fourth-order valence-corrected chi connectivity index (χ4v) is 3.31. The predicted octanol–water partition coefficient (Wildman–Crippen LogP) is 3.74. The molecule has 8 heteroatoms. The van der Waals surface area contributed by atoms with E-state index in [0.29, 0.717) is 22.2 Å². The molecule has 0 radical (unpaired) electrons. The summed E-state index contributed by atoms with van der Waals surface area (Å²) in [6.45, 7) is 1.61. The molecule has 1 aliphatic rings. The van der Waals surface area contributed by atoms with Crippen LogP contribution in [0.15, 0.2) is 42.7 Å². The first-order valence-corrected chi connectivity index (χ1v) is 8.69. The quantitative estimate of drug-likeness (QED) is 0.702. The van der Waals surface area contributed by atoms with E-state index in [4.69, 9.17) is 0 Å². The fraction of sp³-hybridized carbons (Fsp3) is 0.316. The Morgan fingerprint density at radius 2 is 1.85 bits per heavy atom. The summed E-state index contributed by atoms with van der Waals surface area (Å²) < 4.78 is 40.5. The van der Waals surface area contributed by atoms with Crippen molar-refractivity contribution in [1.82, 2.24) is 19.7 Å². The second-order valence-corrected chi connectivity index (χ2v) is 6.60. The molecule has 0 unspecified atom stereocenters. The number of alkyl halides is 3. The number of carbonyl (C=O) groups excluding carboxylic acids is 1. The van der Waals surface area contributed by atoms with E-state index >= 15 is 0 Å². The summed E-state index contributed by atoms with van der Waals surface area (Å²) in [4.78, 5) is 18.5. The molecule has 1 fully saturated rings. The molecule has 0 atom stereocenters. The monoisotopic (exact) mass is 374 g/mol. The number of hydrogen-bond acceptors (Lipinski definition) is 3. The van der Waals surface area contributed by atoms with Crippen LogP contribution >= 0.6 is 0 Å². The molecule has 0 aliphatic carbocycles. The van der Waals surface area contributed by atoms with Crippen molar-refractivity contribution in [3.8, 4) is 11.1 Å². The highest BCUT2D eigenvalue weighted by Gasteiger charge is 2.30. The van der Waals surface area contributed by atoms with Gasteiger partial charge in [-0.05, 0) is 36.6 Å². The van der Waals surface area contributed by atoms with Gasteiger partial charge in [0.15, 0.2) is 0 Å². The van der Waals surface area contributed by atoms with Crippen molar-refractivity contribution in [3.05, 3.63) is 48.3 Å². The Balaban J connectivity index is 1.67. The molecule has 0 N–H and O–H groups in total. The number of amides is 1. The molecule has 3 aromatic rings. The van der Waals surface area contributed by atoms with Gasteiger partial charge >= 0.3 is 6.18 Å². The summed E-state index contributed by atoms with van der Waals surface area (Å²) in [5.41, 5.74) is 1.47. The third-order valence-corrected chi connectivity index (χ3v) is 4.76. The van der Waals surface area contributed by atoms with Gasteiger partial charge < -0.3 is 4.90 Å². The topological polar surface area (TPSA) is 51.0 Å². The van der Waals surface area contributed by atoms with Crippen molar-refractivity contribution in [2.45, 2.75) is 25.6 Å². The summed E-state index contributed by atoms with van der Waals surface area (Å²) in [6.07, 6.45) is 0.686. The Kier molecular flexibility index (Phi) is 4.33. The van der Waals surface area contributed by atoms with E-state index in [0.717, 1.165) is 38.1 Å². The summed E-state index contributed by atoms with van der Waals surface area (Å²) in [6, 6.07) is 6.83. The van der Waals surface area contributed by atoms with Crippen LogP contribution in [0.4, 0.5) is 13.2 Å². The average Bonchev–Trinajstić information content (AvgIpc) is 3.31. The van der Waals surface area contributed by atoms with Crippen LogP contribution in [0.1, 0.15) is 18.4 Å². The van der Waals surface area contributed by atoms with Gasteiger partial charge in [-0.15, -0.1) is 0 Å². The third-order valence-electron chi connectivity index (χ3n) is 4.76. The molecule has 0 bridgehead atoms. The highest BCUT2D eigenvalue weighted by molar-refractivity contribution is 5.83. The number of nitrogens with zero attached hydrogens (tertiary/aromatic N) is 4. The second kappa shape index (κ2) is 6.68. The zero-order valence-corrected chi connectivity index (χ0v) is 14.4. The molecule has 1 aromatic carbocycles. The summed E-state index contributed by atoms with van der Waals surface area (Å²) in [5, 5.41) is 4.22. The van der Waals surface area contributed by atoms with Crippen LogP contribution in [0.3, 0.4) is 0 Å². The van der Waals surface area contributed by atoms with Crippen LogP contribution in [0, 0.1) is 0 Å². The van der Waals surface area contributed by atoms with Gasteiger partial charge in [-0.1, -0.05) is 12.1 Å². The highest BCUT2D eigenvalue weighted by Crippen LogP contribution is 2.32. The lowest BCUT2D eigenvalue weighted by atomic mass is 10.0. The molecule has 27 heavy (non-hydrogen) atoms. The van der Waals surface area contributed by atoms with Gasteiger partial charge in [0.05, 0.1) is 17.3 Å².